The highest BCUT2D eigenvalue weighted by atomic mass is 19.4. The second-order valence-electron chi connectivity index (χ2n) is 4.54. The maximum Gasteiger partial charge on any atom is 0.416 e. The van der Waals surface area contributed by atoms with E-state index in [1.807, 2.05) is 19.9 Å². The average molecular weight is 283 g/mol. The SMILES string of the molecule is CCNC(c1ccc(C(F)(F)F)cc1)c1ccoc1C. The van der Waals surface area contributed by atoms with Gasteiger partial charge in [0.25, 0.3) is 0 Å². The van der Waals surface area contributed by atoms with Crippen LogP contribution < -0.4 is 5.32 Å². The van der Waals surface area contributed by atoms with Crippen LogP contribution in [-0.2, 0) is 6.18 Å². The Hall–Kier alpha value is -1.75. The van der Waals surface area contributed by atoms with Crippen LogP contribution in [-0.4, -0.2) is 6.54 Å². The molecule has 0 saturated carbocycles. The Morgan fingerprint density at radius 1 is 1.15 bits per heavy atom. The molecule has 1 N–H and O–H groups in total. The largest absolute Gasteiger partial charge is 0.469 e. The van der Waals surface area contributed by atoms with Gasteiger partial charge in [0.1, 0.15) is 5.76 Å². The van der Waals surface area contributed by atoms with Gasteiger partial charge in [0.15, 0.2) is 0 Å². The van der Waals surface area contributed by atoms with E-state index in [4.69, 9.17) is 4.42 Å². The fourth-order valence-electron chi connectivity index (χ4n) is 2.17. The van der Waals surface area contributed by atoms with Crippen LogP contribution in [0.25, 0.3) is 0 Å². The zero-order valence-electron chi connectivity index (χ0n) is 11.3. The van der Waals surface area contributed by atoms with Crippen LogP contribution in [0.4, 0.5) is 13.2 Å². The Bertz CT molecular complexity index is 557. The molecule has 0 aliphatic heterocycles. The summed E-state index contributed by atoms with van der Waals surface area (Å²) < 4.78 is 43.0. The van der Waals surface area contributed by atoms with Crippen molar-refractivity contribution in [2.45, 2.75) is 26.1 Å². The topological polar surface area (TPSA) is 25.2 Å². The van der Waals surface area contributed by atoms with Gasteiger partial charge < -0.3 is 9.73 Å². The van der Waals surface area contributed by atoms with Gasteiger partial charge in [0, 0.05) is 5.56 Å². The molecular weight excluding hydrogens is 267 g/mol. The molecule has 2 nitrogen and oxygen atoms in total. The molecular formula is C15H16F3NO. The van der Waals surface area contributed by atoms with Crippen LogP contribution in [0.2, 0.25) is 0 Å². The highest BCUT2D eigenvalue weighted by Crippen LogP contribution is 2.31. The van der Waals surface area contributed by atoms with Crippen molar-refractivity contribution in [3.8, 4) is 0 Å². The molecule has 0 saturated heterocycles. The van der Waals surface area contributed by atoms with Crippen LogP contribution >= 0.6 is 0 Å². The summed E-state index contributed by atoms with van der Waals surface area (Å²) in [5.41, 5.74) is 1.08. The molecule has 20 heavy (non-hydrogen) atoms. The molecule has 0 aliphatic carbocycles. The number of nitrogens with one attached hydrogen (secondary N) is 1. The van der Waals surface area contributed by atoms with E-state index in [9.17, 15) is 13.2 Å². The van der Waals surface area contributed by atoms with Crippen molar-refractivity contribution in [3.63, 3.8) is 0 Å². The molecule has 1 atom stereocenters. The lowest BCUT2D eigenvalue weighted by atomic mass is 9.98. The number of rotatable bonds is 4. The molecule has 0 fully saturated rings. The fraction of sp³-hybridized carbons (Fsp3) is 0.333. The molecule has 0 radical (unpaired) electrons. The third kappa shape index (κ3) is 3.04. The van der Waals surface area contributed by atoms with Gasteiger partial charge in [-0.25, -0.2) is 0 Å². The zero-order valence-corrected chi connectivity index (χ0v) is 11.3. The Morgan fingerprint density at radius 2 is 1.80 bits per heavy atom. The van der Waals surface area contributed by atoms with Crippen LogP contribution in [0.1, 0.15) is 35.4 Å². The molecule has 1 heterocycles. The first kappa shape index (κ1) is 14.7. The van der Waals surface area contributed by atoms with Crippen molar-refractivity contribution < 1.29 is 17.6 Å². The summed E-state index contributed by atoms with van der Waals surface area (Å²) in [6.45, 7) is 4.49. The minimum atomic E-state index is -4.31. The van der Waals surface area contributed by atoms with E-state index in [2.05, 4.69) is 5.32 Å². The third-order valence-electron chi connectivity index (χ3n) is 3.19. The highest BCUT2D eigenvalue weighted by Gasteiger charge is 2.30. The summed E-state index contributed by atoms with van der Waals surface area (Å²) in [5, 5.41) is 3.26. The maximum absolute atomic E-state index is 12.6. The Kier molecular flexibility index (Phi) is 4.18. The highest BCUT2D eigenvalue weighted by molar-refractivity contribution is 5.35. The second-order valence-corrected chi connectivity index (χ2v) is 4.54. The van der Waals surface area contributed by atoms with Gasteiger partial charge in [0.05, 0.1) is 17.9 Å². The number of benzene rings is 1. The van der Waals surface area contributed by atoms with Gasteiger partial charge in [-0.15, -0.1) is 0 Å². The van der Waals surface area contributed by atoms with Crippen molar-refractivity contribution in [2.24, 2.45) is 0 Å². The standard InChI is InChI=1S/C15H16F3NO/c1-3-19-14(13-8-9-20-10(13)2)11-4-6-12(7-5-11)15(16,17)18/h4-9,14,19H,3H2,1-2H3. The lowest BCUT2D eigenvalue weighted by Crippen LogP contribution is -2.22. The van der Waals surface area contributed by atoms with E-state index >= 15 is 0 Å². The van der Waals surface area contributed by atoms with Gasteiger partial charge in [-0.2, -0.15) is 13.2 Å². The van der Waals surface area contributed by atoms with Crippen molar-refractivity contribution in [1.29, 1.82) is 0 Å². The smallest absolute Gasteiger partial charge is 0.416 e. The summed E-state index contributed by atoms with van der Waals surface area (Å²) >= 11 is 0. The summed E-state index contributed by atoms with van der Waals surface area (Å²) in [7, 11) is 0. The number of furan rings is 1. The van der Waals surface area contributed by atoms with Gasteiger partial charge in [-0.05, 0) is 37.2 Å². The minimum Gasteiger partial charge on any atom is -0.469 e. The van der Waals surface area contributed by atoms with Crippen molar-refractivity contribution in [2.75, 3.05) is 6.54 Å². The van der Waals surface area contributed by atoms with Gasteiger partial charge >= 0.3 is 6.18 Å². The number of hydrogen-bond acceptors (Lipinski definition) is 2. The van der Waals surface area contributed by atoms with Crippen LogP contribution in [0, 0.1) is 6.92 Å². The maximum atomic E-state index is 12.6. The number of hydrogen-bond donors (Lipinski definition) is 1. The third-order valence-corrected chi connectivity index (χ3v) is 3.19. The van der Waals surface area contributed by atoms with E-state index < -0.39 is 11.7 Å². The summed E-state index contributed by atoms with van der Waals surface area (Å²) in [6.07, 6.45) is -2.73. The number of halogens is 3. The summed E-state index contributed by atoms with van der Waals surface area (Å²) in [5.74, 6) is 0.760. The van der Waals surface area contributed by atoms with Crippen molar-refractivity contribution >= 4 is 0 Å². The zero-order chi connectivity index (χ0) is 14.8. The van der Waals surface area contributed by atoms with Crippen molar-refractivity contribution in [3.05, 3.63) is 59.0 Å². The van der Waals surface area contributed by atoms with E-state index in [0.29, 0.717) is 6.54 Å². The van der Waals surface area contributed by atoms with E-state index in [0.717, 1.165) is 29.0 Å². The second kappa shape index (κ2) is 5.71. The van der Waals surface area contributed by atoms with E-state index in [1.165, 1.54) is 12.1 Å². The van der Waals surface area contributed by atoms with E-state index in [1.54, 1.807) is 6.26 Å². The first-order chi connectivity index (χ1) is 9.43. The lowest BCUT2D eigenvalue weighted by molar-refractivity contribution is -0.137. The molecule has 1 aromatic carbocycles. The first-order valence-electron chi connectivity index (χ1n) is 6.38. The Balaban J connectivity index is 2.33. The van der Waals surface area contributed by atoms with Gasteiger partial charge in [0.2, 0.25) is 0 Å². The summed E-state index contributed by atoms with van der Waals surface area (Å²) in [4.78, 5) is 0. The van der Waals surface area contributed by atoms with Crippen LogP contribution in [0.5, 0.6) is 0 Å². The van der Waals surface area contributed by atoms with Gasteiger partial charge in [-0.3, -0.25) is 0 Å². The molecule has 2 rings (SSSR count). The molecule has 1 unspecified atom stereocenters. The van der Waals surface area contributed by atoms with Crippen molar-refractivity contribution in [1.82, 2.24) is 5.32 Å². The lowest BCUT2D eigenvalue weighted by Gasteiger charge is -2.18. The minimum absolute atomic E-state index is 0.166. The van der Waals surface area contributed by atoms with Crippen LogP contribution in [0.3, 0.4) is 0 Å². The molecule has 0 spiro atoms. The first-order valence-corrected chi connectivity index (χ1v) is 6.38. The quantitative estimate of drug-likeness (QED) is 0.904. The average Bonchev–Trinajstić information content (AvgIpc) is 2.81. The molecule has 0 bridgehead atoms. The normalized spacial score (nSPS) is 13.4. The number of alkyl halides is 3. The predicted octanol–water partition coefficient (Wildman–Crippen LogP) is 4.31. The van der Waals surface area contributed by atoms with Gasteiger partial charge in [-0.1, -0.05) is 19.1 Å². The molecule has 0 amide bonds. The molecule has 5 heteroatoms. The molecule has 108 valence electrons. The summed E-state index contributed by atoms with van der Waals surface area (Å²) in [6, 6.07) is 6.89. The predicted molar refractivity (Wildman–Crippen MR) is 70.4 cm³/mol. The molecule has 1 aromatic heterocycles. The molecule has 2 aromatic rings. The van der Waals surface area contributed by atoms with Crippen LogP contribution in [0.15, 0.2) is 41.0 Å². The Labute approximate surface area is 115 Å². The fourth-order valence-corrected chi connectivity index (χ4v) is 2.17. The number of aryl methyl sites for hydroxylation is 1. The Morgan fingerprint density at radius 3 is 2.25 bits per heavy atom. The molecule has 0 aliphatic rings. The monoisotopic (exact) mass is 283 g/mol. The van der Waals surface area contributed by atoms with E-state index in [-0.39, 0.29) is 6.04 Å².